The molecule has 2 aromatic heterocycles. The van der Waals surface area contributed by atoms with Gasteiger partial charge in [0.25, 0.3) is 0 Å². The van der Waals surface area contributed by atoms with Crippen LogP contribution in [0.15, 0.2) is 28.9 Å². The molecular formula is C16H18FN5S2. The van der Waals surface area contributed by atoms with Crippen molar-refractivity contribution in [2.75, 3.05) is 25.7 Å². The van der Waals surface area contributed by atoms with Gasteiger partial charge in [-0.1, -0.05) is 17.8 Å². The molecule has 0 aliphatic carbocycles. The Bertz CT molecular complexity index is 850. The molecule has 0 aliphatic rings. The molecule has 0 aliphatic heterocycles. The van der Waals surface area contributed by atoms with Gasteiger partial charge in [0.15, 0.2) is 9.99 Å². The van der Waals surface area contributed by atoms with Gasteiger partial charge in [0.2, 0.25) is 0 Å². The zero-order valence-electron chi connectivity index (χ0n) is 13.7. The maximum Gasteiger partial charge on any atom is 0.176 e. The standard InChI is InChI=1S/C16H18FN5S2/c1-22(2)8-11-6-10(4-5-12(11)17)7-18-14-13-15(20-9-19-14)21-16(23-3)24-13/h4-6,9H,7-8H2,1-3H3,(H,18,19,20). The van der Waals surface area contributed by atoms with Crippen LogP contribution in [0.3, 0.4) is 0 Å². The van der Waals surface area contributed by atoms with Crippen molar-refractivity contribution in [3.05, 3.63) is 41.5 Å². The van der Waals surface area contributed by atoms with Crippen LogP contribution in [-0.4, -0.2) is 40.2 Å². The van der Waals surface area contributed by atoms with E-state index in [9.17, 15) is 4.39 Å². The first kappa shape index (κ1) is 17.1. The molecular weight excluding hydrogens is 345 g/mol. The van der Waals surface area contributed by atoms with Gasteiger partial charge >= 0.3 is 0 Å². The maximum absolute atomic E-state index is 13.9. The second-order valence-electron chi connectivity index (χ2n) is 5.58. The zero-order valence-corrected chi connectivity index (χ0v) is 15.3. The lowest BCUT2D eigenvalue weighted by Crippen LogP contribution is -2.12. The average molecular weight is 363 g/mol. The highest BCUT2D eigenvalue weighted by molar-refractivity contribution is 8.00. The van der Waals surface area contributed by atoms with Crippen LogP contribution in [0.5, 0.6) is 0 Å². The minimum absolute atomic E-state index is 0.177. The van der Waals surface area contributed by atoms with E-state index < -0.39 is 0 Å². The lowest BCUT2D eigenvalue weighted by atomic mass is 10.1. The summed E-state index contributed by atoms with van der Waals surface area (Å²) in [6.07, 6.45) is 3.50. The third-order valence-corrected chi connectivity index (χ3v) is 5.44. The molecule has 0 unspecified atom stereocenters. The normalized spacial score (nSPS) is 11.4. The van der Waals surface area contributed by atoms with E-state index in [2.05, 4.69) is 20.3 Å². The number of hydrogen-bond donors (Lipinski definition) is 1. The third kappa shape index (κ3) is 3.82. The molecule has 2 heterocycles. The van der Waals surface area contributed by atoms with Crippen LogP contribution in [-0.2, 0) is 13.1 Å². The second-order valence-corrected chi connectivity index (χ2v) is 7.63. The first-order valence-electron chi connectivity index (χ1n) is 7.38. The number of hydrogen-bond acceptors (Lipinski definition) is 7. The lowest BCUT2D eigenvalue weighted by molar-refractivity contribution is 0.392. The van der Waals surface area contributed by atoms with E-state index in [1.165, 1.54) is 12.4 Å². The smallest absolute Gasteiger partial charge is 0.176 e. The molecule has 0 radical (unpaired) electrons. The summed E-state index contributed by atoms with van der Waals surface area (Å²) in [5, 5.41) is 3.32. The molecule has 3 aromatic rings. The number of benzene rings is 1. The topological polar surface area (TPSA) is 53.9 Å². The van der Waals surface area contributed by atoms with Gasteiger partial charge in [0.1, 0.15) is 22.7 Å². The van der Waals surface area contributed by atoms with Crippen molar-refractivity contribution in [2.24, 2.45) is 0 Å². The first-order chi connectivity index (χ1) is 11.6. The minimum atomic E-state index is -0.177. The highest BCUT2D eigenvalue weighted by Crippen LogP contribution is 2.31. The van der Waals surface area contributed by atoms with Crippen LogP contribution in [0, 0.1) is 5.82 Å². The molecule has 0 saturated heterocycles. The van der Waals surface area contributed by atoms with Crippen LogP contribution in [0.25, 0.3) is 10.3 Å². The molecule has 126 valence electrons. The number of nitrogens with zero attached hydrogens (tertiary/aromatic N) is 4. The van der Waals surface area contributed by atoms with Crippen LogP contribution in [0.1, 0.15) is 11.1 Å². The number of thioether (sulfide) groups is 1. The molecule has 8 heteroatoms. The van der Waals surface area contributed by atoms with E-state index in [0.717, 1.165) is 20.4 Å². The highest BCUT2D eigenvalue weighted by atomic mass is 32.2. The SMILES string of the molecule is CSc1nc2ncnc(NCc3ccc(F)c(CN(C)C)c3)c2s1. The predicted octanol–water partition coefficient (Wildman–Crippen LogP) is 3.62. The Balaban J connectivity index is 1.80. The zero-order chi connectivity index (χ0) is 17.1. The van der Waals surface area contributed by atoms with Gasteiger partial charge in [0.05, 0.1) is 0 Å². The number of aromatic nitrogens is 3. The van der Waals surface area contributed by atoms with Crippen molar-refractivity contribution in [3.63, 3.8) is 0 Å². The first-order valence-corrected chi connectivity index (χ1v) is 9.42. The Kier molecular flexibility index (Phi) is 5.27. The van der Waals surface area contributed by atoms with Crippen molar-refractivity contribution in [2.45, 2.75) is 17.4 Å². The molecule has 0 saturated carbocycles. The number of rotatable bonds is 6. The van der Waals surface area contributed by atoms with E-state index in [-0.39, 0.29) is 5.82 Å². The number of thiazole rings is 1. The number of anilines is 1. The van der Waals surface area contributed by atoms with E-state index >= 15 is 0 Å². The van der Waals surface area contributed by atoms with Crippen LogP contribution in [0.4, 0.5) is 10.2 Å². The molecule has 24 heavy (non-hydrogen) atoms. The quantitative estimate of drug-likeness (QED) is 0.675. The van der Waals surface area contributed by atoms with E-state index in [4.69, 9.17) is 0 Å². The molecule has 0 atom stereocenters. The number of nitrogens with one attached hydrogen (secondary N) is 1. The fourth-order valence-corrected chi connectivity index (χ4v) is 3.81. The fraction of sp³-hybridized carbons (Fsp3) is 0.312. The summed E-state index contributed by atoms with van der Waals surface area (Å²) >= 11 is 3.16. The van der Waals surface area contributed by atoms with Gasteiger partial charge in [-0.3, -0.25) is 0 Å². The van der Waals surface area contributed by atoms with Gasteiger partial charge in [-0.05, 0) is 38.0 Å². The summed E-state index contributed by atoms with van der Waals surface area (Å²) in [5.74, 6) is 0.584. The molecule has 1 aromatic carbocycles. The summed E-state index contributed by atoms with van der Waals surface area (Å²) < 4.78 is 15.8. The van der Waals surface area contributed by atoms with Crippen molar-refractivity contribution in [1.82, 2.24) is 19.9 Å². The molecule has 1 N–H and O–H groups in total. The van der Waals surface area contributed by atoms with Crippen LogP contribution < -0.4 is 5.32 Å². The Morgan fingerprint density at radius 2 is 2.12 bits per heavy atom. The fourth-order valence-electron chi connectivity index (χ4n) is 2.33. The third-order valence-electron chi connectivity index (χ3n) is 3.40. The highest BCUT2D eigenvalue weighted by Gasteiger charge is 2.10. The van der Waals surface area contributed by atoms with Gasteiger partial charge in [-0.25, -0.2) is 19.3 Å². The van der Waals surface area contributed by atoms with Gasteiger partial charge in [-0.2, -0.15) is 0 Å². The van der Waals surface area contributed by atoms with Gasteiger partial charge in [-0.15, -0.1) is 11.3 Å². The van der Waals surface area contributed by atoms with E-state index in [1.807, 2.05) is 31.3 Å². The van der Waals surface area contributed by atoms with Crippen molar-refractivity contribution in [1.29, 1.82) is 0 Å². The predicted molar refractivity (Wildman–Crippen MR) is 98.1 cm³/mol. The molecule has 0 amide bonds. The molecule has 0 spiro atoms. The Morgan fingerprint density at radius 1 is 1.29 bits per heavy atom. The second kappa shape index (κ2) is 7.42. The minimum Gasteiger partial charge on any atom is -0.365 e. The van der Waals surface area contributed by atoms with Crippen molar-refractivity contribution < 1.29 is 4.39 Å². The van der Waals surface area contributed by atoms with E-state index in [1.54, 1.807) is 29.2 Å². The lowest BCUT2D eigenvalue weighted by Gasteiger charge is -2.12. The Hall–Kier alpha value is -1.77. The molecule has 0 fully saturated rings. The molecule has 0 bridgehead atoms. The van der Waals surface area contributed by atoms with Crippen LogP contribution >= 0.6 is 23.1 Å². The summed E-state index contributed by atoms with van der Waals surface area (Å²) in [4.78, 5) is 14.9. The van der Waals surface area contributed by atoms with E-state index in [0.29, 0.717) is 24.3 Å². The summed E-state index contributed by atoms with van der Waals surface area (Å²) in [5.41, 5.74) is 2.40. The van der Waals surface area contributed by atoms with Gasteiger partial charge in [0, 0.05) is 18.7 Å². The Labute approximate surface area is 148 Å². The van der Waals surface area contributed by atoms with Crippen LogP contribution in [0.2, 0.25) is 0 Å². The molecule has 3 rings (SSSR count). The number of fused-ring (bicyclic) bond motifs is 1. The van der Waals surface area contributed by atoms with Gasteiger partial charge < -0.3 is 10.2 Å². The number of halogens is 1. The Morgan fingerprint density at radius 3 is 2.88 bits per heavy atom. The largest absolute Gasteiger partial charge is 0.365 e. The monoisotopic (exact) mass is 363 g/mol. The summed E-state index contributed by atoms with van der Waals surface area (Å²) in [6.45, 7) is 1.14. The van der Waals surface area contributed by atoms with Crippen molar-refractivity contribution >= 4 is 39.3 Å². The van der Waals surface area contributed by atoms with Crippen molar-refractivity contribution in [3.8, 4) is 0 Å². The summed E-state index contributed by atoms with van der Waals surface area (Å²) in [7, 11) is 3.85. The molecule has 5 nitrogen and oxygen atoms in total. The summed E-state index contributed by atoms with van der Waals surface area (Å²) in [6, 6.07) is 5.20. The maximum atomic E-state index is 13.9. The average Bonchev–Trinajstić information content (AvgIpc) is 2.99.